The van der Waals surface area contributed by atoms with Gasteiger partial charge in [0.1, 0.15) is 11.4 Å². The number of pyridine rings is 1. The van der Waals surface area contributed by atoms with E-state index in [-0.39, 0.29) is 17.3 Å². The molecular formula is C21H18ClN3O2. The number of benzene rings is 2. The van der Waals surface area contributed by atoms with Crippen LogP contribution in [-0.4, -0.2) is 16.8 Å². The minimum absolute atomic E-state index is 0.161. The zero-order valence-corrected chi connectivity index (χ0v) is 15.5. The van der Waals surface area contributed by atoms with Crippen LogP contribution in [0.2, 0.25) is 5.02 Å². The Morgan fingerprint density at radius 2 is 1.56 bits per heavy atom. The average molecular weight is 380 g/mol. The molecule has 0 atom stereocenters. The summed E-state index contributed by atoms with van der Waals surface area (Å²) in [6.07, 6.45) is 0. The van der Waals surface area contributed by atoms with Crippen LogP contribution in [0, 0.1) is 6.92 Å². The Bertz CT molecular complexity index is 971. The third-order valence-electron chi connectivity index (χ3n) is 4.02. The molecule has 0 aliphatic carbocycles. The zero-order valence-electron chi connectivity index (χ0n) is 14.7. The maximum Gasteiger partial charge on any atom is 0.274 e. The second-order valence-electron chi connectivity index (χ2n) is 5.98. The number of carbonyl (C=O) groups excluding carboxylic acids is 2. The number of hydrogen-bond acceptors (Lipinski definition) is 3. The summed E-state index contributed by atoms with van der Waals surface area (Å²) in [6, 6.07) is 19.3. The van der Waals surface area contributed by atoms with E-state index in [0.29, 0.717) is 17.3 Å². The zero-order chi connectivity index (χ0) is 19.2. The monoisotopic (exact) mass is 379 g/mol. The molecule has 1 aromatic heterocycles. The first-order valence-corrected chi connectivity index (χ1v) is 8.77. The summed E-state index contributed by atoms with van der Waals surface area (Å²) in [7, 11) is 0. The molecule has 0 unspecified atom stereocenters. The van der Waals surface area contributed by atoms with Crippen molar-refractivity contribution in [3.05, 3.63) is 94.3 Å². The van der Waals surface area contributed by atoms with Gasteiger partial charge in [0.15, 0.2) is 0 Å². The number of aryl methyl sites for hydroxylation is 1. The van der Waals surface area contributed by atoms with Crippen molar-refractivity contribution in [2.45, 2.75) is 13.5 Å². The molecular weight excluding hydrogens is 362 g/mol. The van der Waals surface area contributed by atoms with Crippen LogP contribution in [0.3, 0.4) is 0 Å². The van der Waals surface area contributed by atoms with Gasteiger partial charge in [-0.05, 0) is 54.4 Å². The van der Waals surface area contributed by atoms with Gasteiger partial charge < -0.3 is 10.6 Å². The van der Waals surface area contributed by atoms with Crippen LogP contribution in [0.1, 0.15) is 32.1 Å². The van der Waals surface area contributed by atoms with Gasteiger partial charge in [-0.3, -0.25) is 9.59 Å². The molecule has 0 saturated carbocycles. The third-order valence-corrected chi connectivity index (χ3v) is 4.27. The Hall–Kier alpha value is -3.18. The first kappa shape index (κ1) is 18.6. The Kier molecular flexibility index (Phi) is 5.84. The molecule has 5 nitrogen and oxygen atoms in total. The van der Waals surface area contributed by atoms with Crippen LogP contribution in [-0.2, 0) is 6.54 Å². The first-order valence-electron chi connectivity index (χ1n) is 8.39. The quantitative estimate of drug-likeness (QED) is 0.697. The van der Waals surface area contributed by atoms with Gasteiger partial charge in [-0.25, -0.2) is 4.98 Å². The molecule has 2 amide bonds. The Balaban J connectivity index is 1.67. The van der Waals surface area contributed by atoms with Gasteiger partial charge in [0, 0.05) is 17.3 Å². The predicted molar refractivity (Wildman–Crippen MR) is 106 cm³/mol. The Labute approximate surface area is 162 Å². The number of anilines is 1. The van der Waals surface area contributed by atoms with Crippen LogP contribution in [0.5, 0.6) is 0 Å². The van der Waals surface area contributed by atoms with E-state index in [0.717, 1.165) is 11.1 Å². The smallest absolute Gasteiger partial charge is 0.274 e. The van der Waals surface area contributed by atoms with Crippen molar-refractivity contribution < 1.29 is 9.59 Å². The number of nitrogens with zero attached hydrogens (tertiary/aromatic N) is 1. The van der Waals surface area contributed by atoms with Crippen molar-refractivity contribution in [3.8, 4) is 0 Å². The highest BCUT2D eigenvalue weighted by Gasteiger charge is 2.13. The number of rotatable bonds is 5. The lowest BCUT2D eigenvalue weighted by atomic mass is 10.1. The average Bonchev–Trinajstić information content (AvgIpc) is 2.69. The lowest BCUT2D eigenvalue weighted by Gasteiger charge is -2.09. The maximum atomic E-state index is 12.4. The van der Waals surface area contributed by atoms with Gasteiger partial charge in [0.25, 0.3) is 11.8 Å². The number of aromatic nitrogens is 1. The van der Waals surface area contributed by atoms with Gasteiger partial charge in [0.05, 0.1) is 0 Å². The highest BCUT2D eigenvalue weighted by molar-refractivity contribution is 6.30. The van der Waals surface area contributed by atoms with Gasteiger partial charge in [0.2, 0.25) is 0 Å². The van der Waals surface area contributed by atoms with Gasteiger partial charge in [-0.15, -0.1) is 0 Å². The minimum atomic E-state index is -0.397. The SMILES string of the molecule is Cc1ccccc1CNC(=O)c1cccc(C(=O)Nc2ccc(Cl)cc2)n1. The predicted octanol–water partition coefficient (Wildman–Crippen LogP) is 4.23. The third kappa shape index (κ3) is 4.92. The molecule has 0 spiro atoms. The molecule has 3 rings (SSSR count). The summed E-state index contributed by atoms with van der Waals surface area (Å²) < 4.78 is 0. The summed E-state index contributed by atoms with van der Waals surface area (Å²) in [5, 5.41) is 6.14. The van der Waals surface area contributed by atoms with E-state index in [9.17, 15) is 9.59 Å². The highest BCUT2D eigenvalue weighted by atomic mass is 35.5. The number of halogens is 1. The second kappa shape index (κ2) is 8.47. The topological polar surface area (TPSA) is 71.1 Å². The largest absolute Gasteiger partial charge is 0.347 e. The molecule has 1 heterocycles. The molecule has 0 radical (unpaired) electrons. The lowest BCUT2D eigenvalue weighted by Crippen LogP contribution is -2.25. The van der Waals surface area contributed by atoms with Crippen LogP contribution >= 0.6 is 11.6 Å². The summed E-state index contributed by atoms with van der Waals surface area (Å²) in [5.74, 6) is -0.731. The standard InChI is InChI=1S/C21H18ClN3O2/c1-14-5-2-3-6-15(14)13-23-20(26)18-7-4-8-19(25-18)21(27)24-17-11-9-16(22)10-12-17/h2-12H,13H2,1H3,(H,23,26)(H,24,27). The molecule has 0 aliphatic heterocycles. The second-order valence-corrected chi connectivity index (χ2v) is 6.41. The van der Waals surface area contributed by atoms with E-state index >= 15 is 0 Å². The normalized spacial score (nSPS) is 10.3. The fourth-order valence-corrected chi connectivity index (χ4v) is 2.62. The van der Waals surface area contributed by atoms with Crippen molar-refractivity contribution in [3.63, 3.8) is 0 Å². The number of carbonyl (C=O) groups is 2. The van der Waals surface area contributed by atoms with Crippen molar-refractivity contribution in [1.29, 1.82) is 0 Å². The molecule has 0 bridgehead atoms. The molecule has 0 fully saturated rings. The fraction of sp³-hybridized carbons (Fsp3) is 0.0952. The maximum absolute atomic E-state index is 12.4. The van der Waals surface area contributed by atoms with Crippen molar-refractivity contribution in [1.82, 2.24) is 10.3 Å². The fourth-order valence-electron chi connectivity index (χ4n) is 2.49. The molecule has 2 aromatic carbocycles. The highest BCUT2D eigenvalue weighted by Crippen LogP contribution is 2.14. The van der Waals surface area contributed by atoms with E-state index in [1.54, 1.807) is 42.5 Å². The van der Waals surface area contributed by atoms with E-state index < -0.39 is 5.91 Å². The van der Waals surface area contributed by atoms with Gasteiger partial charge >= 0.3 is 0 Å². The first-order chi connectivity index (χ1) is 13.0. The molecule has 2 N–H and O–H groups in total. The van der Waals surface area contributed by atoms with Gasteiger partial charge in [-0.2, -0.15) is 0 Å². The molecule has 27 heavy (non-hydrogen) atoms. The molecule has 136 valence electrons. The van der Waals surface area contributed by atoms with E-state index in [1.807, 2.05) is 31.2 Å². The minimum Gasteiger partial charge on any atom is -0.347 e. The van der Waals surface area contributed by atoms with Crippen molar-refractivity contribution >= 4 is 29.1 Å². The summed E-state index contributed by atoms with van der Waals surface area (Å²) in [4.78, 5) is 28.9. The van der Waals surface area contributed by atoms with Crippen molar-refractivity contribution in [2.75, 3.05) is 5.32 Å². The Morgan fingerprint density at radius 1 is 0.889 bits per heavy atom. The van der Waals surface area contributed by atoms with E-state index in [2.05, 4.69) is 15.6 Å². The van der Waals surface area contributed by atoms with Crippen LogP contribution in [0.15, 0.2) is 66.7 Å². The summed E-state index contributed by atoms with van der Waals surface area (Å²) >= 11 is 5.84. The van der Waals surface area contributed by atoms with Crippen LogP contribution in [0.4, 0.5) is 5.69 Å². The Morgan fingerprint density at radius 3 is 2.26 bits per heavy atom. The number of hydrogen-bond donors (Lipinski definition) is 2. The summed E-state index contributed by atoms with van der Waals surface area (Å²) in [5.41, 5.74) is 3.07. The summed E-state index contributed by atoms with van der Waals surface area (Å²) in [6.45, 7) is 2.38. The molecule has 3 aromatic rings. The number of nitrogens with one attached hydrogen (secondary N) is 2. The van der Waals surface area contributed by atoms with Crippen LogP contribution in [0.25, 0.3) is 0 Å². The van der Waals surface area contributed by atoms with E-state index in [1.165, 1.54) is 0 Å². The lowest BCUT2D eigenvalue weighted by molar-refractivity contribution is 0.0945. The van der Waals surface area contributed by atoms with Crippen molar-refractivity contribution in [2.24, 2.45) is 0 Å². The van der Waals surface area contributed by atoms with Crippen LogP contribution < -0.4 is 10.6 Å². The molecule has 6 heteroatoms. The van der Waals surface area contributed by atoms with E-state index in [4.69, 9.17) is 11.6 Å². The van der Waals surface area contributed by atoms with Gasteiger partial charge in [-0.1, -0.05) is 41.9 Å². The number of amides is 2. The molecule has 0 aliphatic rings. The molecule has 0 saturated heterocycles.